The van der Waals surface area contributed by atoms with Gasteiger partial charge in [0, 0.05) is 29.4 Å². The molecular formula is C24H23N2+. The maximum Gasteiger partial charge on any atom is 0.220 e. The van der Waals surface area contributed by atoms with E-state index in [2.05, 4.69) is 86.0 Å². The van der Waals surface area contributed by atoms with Gasteiger partial charge in [0.05, 0.1) is 10.9 Å². The highest BCUT2D eigenvalue weighted by atomic mass is 14.9. The van der Waals surface area contributed by atoms with Crippen molar-refractivity contribution in [3.8, 4) is 22.4 Å². The SMILES string of the molecule is Cc1cc(C)c(C)c(-c2c3cccc(-c4cccnc4)c3cc[n+]2C)c1. The van der Waals surface area contributed by atoms with Crippen LogP contribution >= 0.6 is 0 Å². The van der Waals surface area contributed by atoms with Crippen molar-refractivity contribution >= 4 is 10.8 Å². The van der Waals surface area contributed by atoms with Crippen LogP contribution in [0, 0.1) is 20.8 Å². The molecule has 0 amide bonds. The standard InChI is InChI=1S/C24H23N2/c1-16-13-17(2)18(3)23(14-16)24-22-9-5-8-20(19-7-6-11-25-15-19)21(22)10-12-26(24)4/h5-15H,1-4H3/q+1. The summed E-state index contributed by atoms with van der Waals surface area (Å²) in [5.41, 5.74) is 8.90. The van der Waals surface area contributed by atoms with Crippen molar-refractivity contribution in [2.45, 2.75) is 20.8 Å². The molecule has 0 saturated carbocycles. The lowest BCUT2D eigenvalue weighted by Gasteiger charge is -2.13. The minimum atomic E-state index is 1.15. The molecule has 26 heavy (non-hydrogen) atoms. The van der Waals surface area contributed by atoms with Gasteiger partial charge >= 0.3 is 0 Å². The van der Waals surface area contributed by atoms with Crippen molar-refractivity contribution in [2.24, 2.45) is 7.05 Å². The van der Waals surface area contributed by atoms with Gasteiger partial charge in [-0.05, 0) is 55.7 Å². The number of aryl methyl sites for hydroxylation is 3. The van der Waals surface area contributed by atoms with Crippen LogP contribution in [-0.4, -0.2) is 4.98 Å². The molecule has 128 valence electrons. The van der Waals surface area contributed by atoms with E-state index in [1.807, 2.05) is 18.5 Å². The number of nitrogens with zero attached hydrogens (tertiary/aromatic N) is 2. The Kier molecular flexibility index (Phi) is 4.04. The average molecular weight is 339 g/mol. The van der Waals surface area contributed by atoms with Crippen molar-refractivity contribution in [3.63, 3.8) is 0 Å². The molecule has 0 radical (unpaired) electrons. The fourth-order valence-electron chi connectivity index (χ4n) is 3.80. The smallest absolute Gasteiger partial charge is 0.220 e. The van der Waals surface area contributed by atoms with Gasteiger partial charge in [-0.25, -0.2) is 4.57 Å². The zero-order valence-corrected chi connectivity index (χ0v) is 15.7. The van der Waals surface area contributed by atoms with E-state index < -0.39 is 0 Å². The first kappa shape index (κ1) is 16.5. The summed E-state index contributed by atoms with van der Waals surface area (Å²) >= 11 is 0. The molecule has 0 unspecified atom stereocenters. The lowest BCUT2D eigenvalue weighted by Crippen LogP contribution is -2.31. The highest BCUT2D eigenvalue weighted by Gasteiger charge is 2.19. The van der Waals surface area contributed by atoms with Crippen molar-refractivity contribution in [1.29, 1.82) is 0 Å². The lowest BCUT2D eigenvalue weighted by atomic mass is 9.92. The maximum atomic E-state index is 4.30. The molecule has 0 atom stereocenters. The van der Waals surface area contributed by atoms with E-state index in [1.54, 1.807) is 0 Å². The Morgan fingerprint density at radius 2 is 1.69 bits per heavy atom. The summed E-state index contributed by atoms with van der Waals surface area (Å²) in [6, 6.07) is 17.4. The molecule has 0 aliphatic heterocycles. The number of fused-ring (bicyclic) bond motifs is 1. The fraction of sp³-hybridized carbons (Fsp3) is 0.167. The second-order valence-corrected chi connectivity index (χ2v) is 7.04. The minimum absolute atomic E-state index is 1.15. The Bertz CT molecular complexity index is 1110. The lowest BCUT2D eigenvalue weighted by molar-refractivity contribution is -0.659. The van der Waals surface area contributed by atoms with Crippen LogP contribution in [0.3, 0.4) is 0 Å². The molecule has 0 N–H and O–H groups in total. The Hall–Kier alpha value is -3.00. The summed E-state index contributed by atoms with van der Waals surface area (Å²) in [7, 11) is 2.13. The normalized spacial score (nSPS) is 11.1. The maximum absolute atomic E-state index is 4.30. The van der Waals surface area contributed by atoms with Crippen molar-refractivity contribution in [2.75, 3.05) is 0 Å². The predicted molar refractivity (Wildman–Crippen MR) is 108 cm³/mol. The molecular weight excluding hydrogens is 316 g/mol. The van der Waals surface area contributed by atoms with E-state index in [9.17, 15) is 0 Å². The number of rotatable bonds is 2. The van der Waals surface area contributed by atoms with Crippen LogP contribution < -0.4 is 4.57 Å². The van der Waals surface area contributed by atoms with Crippen molar-refractivity contribution in [3.05, 3.63) is 83.8 Å². The number of hydrogen-bond acceptors (Lipinski definition) is 1. The summed E-state index contributed by atoms with van der Waals surface area (Å²) in [5.74, 6) is 0. The molecule has 4 aromatic rings. The van der Waals surface area contributed by atoms with E-state index in [-0.39, 0.29) is 0 Å². The first-order valence-electron chi connectivity index (χ1n) is 8.96. The van der Waals surface area contributed by atoms with Gasteiger partial charge in [-0.1, -0.05) is 29.8 Å². The minimum Gasteiger partial charge on any atom is -0.264 e. The quantitative estimate of drug-likeness (QED) is 0.452. The highest BCUT2D eigenvalue weighted by Crippen LogP contribution is 2.34. The zero-order chi connectivity index (χ0) is 18.3. The fourth-order valence-corrected chi connectivity index (χ4v) is 3.80. The van der Waals surface area contributed by atoms with E-state index in [0.717, 1.165) is 5.56 Å². The summed E-state index contributed by atoms with van der Waals surface area (Å²) < 4.78 is 2.23. The van der Waals surface area contributed by atoms with Crippen LogP contribution in [0.15, 0.2) is 67.1 Å². The number of pyridine rings is 2. The van der Waals surface area contributed by atoms with E-state index in [0.29, 0.717) is 0 Å². The molecule has 0 saturated heterocycles. The Morgan fingerprint density at radius 3 is 2.46 bits per heavy atom. The molecule has 0 spiro atoms. The average Bonchev–Trinajstić information content (AvgIpc) is 2.65. The molecule has 0 aliphatic rings. The van der Waals surface area contributed by atoms with Gasteiger partial charge in [-0.15, -0.1) is 0 Å². The molecule has 2 aromatic heterocycles. The Balaban J connectivity index is 2.08. The monoisotopic (exact) mass is 339 g/mol. The van der Waals surface area contributed by atoms with Gasteiger partial charge in [-0.2, -0.15) is 0 Å². The number of benzene rings is 2. The third-order valence-electron chi connectivity index (χ3n) is 5.22. The van der Waals surface area contributed by atoms with Crippen LogP contribution in [0.25, 0.3) is 33.2 Å². The first-order valence-corrected chi connectivity index (χ1v) is 8.96. The second kappa shape index (κ2) is 6.38. The highest BCUT2D eigenvalue weighted by molar-refractivity contribution is 6.02. The van der Waals surface area contributed by atoms with Crippen LogP contribution in [-0.2, 0) is 7.05 Å². The van der Waals surface area contributed by atoms with Gasteiger partial charge in [0.2, 0.25) is 5.69 Å². The largest absolute Gasteiger partial charge is 0.264 e. The summed E-state index contributed by atoms with van der Waals surface area (Å²) in [6.07, 6.45) is 5.91. The van der Waals surface area contributed by atoms with Crippen LogP contribution in [0.2, 0.25) is 0 Å². The van der Waals surface area contributed by atoms with Crippen molar-refractivity contribution < 1.29 is 4.57 Å². The molecule has 2 heteroatoms. The molecule has 0 bridgehead atoms. The van der Waals surface area contributed by atoms with Crippen molar-refractivity contribution in [1.82, 2.24) is 4.98 Å². The zero-order valence-electron chi connectivity index (χ0n) is 15.7. The molecule has 2 heterocycles. The van der Waals surface area contributed by atoms with Gasteiger partial charge in [0.15, 0.2) is 6.20 Å². The van der Waals surface area contributed by atoms with Gasteiger partial charge in [-0.3, -0.25) is 4.98 Å². The third kappa shape index (κ3) is 2.68. The summed E-state index contributed by atoms with van der Waals surface area (Å²) in [4.78, 5) is 4.30. The van der Waals surface area contributed by atoms with E-state index >= 15 is 0 Å². The van der Waals surface area contributed by atoms with Gasteiger partial charge in [0.25, 0.3) is 0 Å². The van der Waals surface area contributed by atoms with E-state index in [1.165, 1.54) is 44.3 Å². The molecule has 0 fully saturated rings. The number of hydrogen-bond donors (Lipinski definition) is 0. The third-order valence-corrected chi connectivity index (χ3v) is 5.22. The van der Waals surface area contributed by atoms with Crippen LogP contribution in [0.1, 0.15) is 16.7 Å². The Morgan fingerprint density at radius 1 is 0.846 bits per heavy atom. The number of aromatic nitrogens is 2. The van der Waals surface area contributed by atoms with Crippen LogP contribution in [0.4, 0.5) is 0 Å². The van der Waals surface area contributed by atoms with Gasteiger partial charge < -0.3 is 0 Å². The molecule has 0 aliphatic carbocycles. The second-order valence-electron chi connectivity index (χ2n) is 7.04. The molecule has 2 nitrogen and oxygen atoms in total. The van der Waals surface area contributed by atoms with E-state index in [4.69, 9.17) is 0 Å². The topological polar surface area (TPSA) is 16.8 Å². The summed E-state index contributed by atoms with van der Waals surface area (Å²) in [5, 5.41) is 2.52. The Labute approximate surface area is 154 Å². The first-order chi connectivity index (χ1) is 12.6. The summed E-state index contributed by atoms with van der Waals surface area (Å²) in [6.45, 7) is 6.58. The van der Waals surface area contributed by atoms with Crippen LogP contribution in [0.5, 0.6) is 0 Å². The van der Waals surface area contributed by atoms with Gasteiger partial charge in [0.1, 0.15) is 7.05 Å². The molecule has 4 rings (SSSR count). The molecule has 2 aromatic carbocycles. The predicted octanol–water partition coefficient (Wildman–Crippen LogP) is 5.32.